The van der Waals surface area contributed by atoms with Gasteiger partial charge < -0.3 is 10.2 Å². The second-order valence-corrected chi connectivity index (χ2v) is 5.53. The number of aromatic nitrogens is 3. The molecule has 0 fully saturated rings. The van der Waals surface area contributed by atoms with Crippen molar-refractivity contribution in [3.8, 4) is 5.75 Å². The van der Waals surface area contributed by atoms with Crippen LogP contribution in [0, 0.1) is 0 Å². The van der Waals surface area contributed by atoms with Gasteiger partial charge in [0.2, 0.25) is 0 Å². The van der Waals surface area contributed by atoms with E-state index < -0.39 is 6.09 Å². The molecule has 2 aromatic carbocycles. The maximum Gasteiger partial charge on any atom is 0.432 e. The summed E-state index contributed by atoms with van der Waals surface area (Å²) in [5.41, 5.74) is 2.80. The maximum absolute atomic E-state index is 11.2. The quantitative estimate of drug-likeness (QED) is 0.591. The average molecular weight is 319 g/mol. The smallest absolute Gasteiger partial charge is 0.432 e. The van der Waals surface area contributed by atoms with Crippen LogP contribution in [0.25, 0.3) is 21.8 Å². The molecule has 118 valence electrons. The number of benzene rings is 2. The molecule has 0 radical (unpaired) electrons. The molecule has 2 heterocycles. The molecule has 0 aliphatic rings. The van der Waals surface area contributed by atoms with Gasteiger partial charge in [0, 0.05) is 29.0 Å². The van der Waals surface area contributed by atoms with Crippen molar-refractivity contribution in [1.82, 2.24) is 14.8 Å². The number of hydrogen-bond acceptors (Lipinski definition) is 4. The second-order valence-electron chi connectivity index (χ2n) is 5.53. The summed E-state index contributed by atoms with van der Waals surface area (Å²) in [6.45, 7) is 0. The number of carboxylic acid groups (broad SMARTS) is 1. The molecule has 0 aliphatic heterocycles. The van der Waals surface area contributed by atoms with Crippen molar-refractivity contribution in [3.63, 3.8) is 0 Å². The van der Waals surface area contributed by atoms with E-state index in [9.17, 15) is 9.90 Å². The normalized spacial score (nSPS) is 11.2. The van der Waals surface area contributed by atoms with Gasteiger partial charge >= 0.3 is 6.09 Å². The number of rotatable bonds is 2. The highest BCUT2D eigenvalue weighted by atomic mass is 16.4. The lowest BCUT2D eigenvalue weighted by Gasteiger charge is -2.06. The molecule has 4 aromatic rings. The number of phenolic OH excluding ortho intramolecular Hbond substituents is 1. The Hall–Kier alpha value is -3.41. The van der Waals surface area contributed by atoms with Gasteiger partial charge in [-0.25, -0.2) is 4.79 Å². The highest BCUT2D eigenvalue weighted by molar-refractivity contribution is 6.09. The third-order valence-corrected chi connectivity index (χ3v) is 3.97. The number of aromatic hydroxyl groups is 1. The Morgan fingerprint density at radius 1 is 1.08 bits per heavy atom. The lowest BCUT2D eigenvalue weighted by atomic mass is 10.1. The van der Waals surface area contributed by atoms with Crippen molar-refractivity contribution < 1.29 is 15.0 Å². The zero-order valence-corrected chi connectivity index (χ0v) is 12.5. The van der Waals surface area contributed by atoms with Crippen LogP contribution in [0.3, 0.4) is 0 Å². The SMILES string of the molecule is O=C(O)n1ncc2c3ccc(Cc4ccccc4)nc3cc(O)c21. The standard InChI is InChI=1S/C18H13N3O3/c22-16-9-15-13(14-10-19-21(17(14)16)18(23)24)7-6-12(20-15)8-11-4-2-1-3-5-11/h1-7,9-10,22H,8H2,(H,23,24). The first-order valence-electron chi connectivity index (χ1n) is 7.40. The number of fused-ring (bicyclic) bond motifs is 3. The fourth-order valence-electron chi connectivity index (χ4n) is 2.89. The van der Waals surface area contributed by atoms with Crippen LogP contribution in [0.5, 0.6) is 5.75 Å². The van der Waals surface area contributed by atoms with E-state index in [0.29, 0.717) is 17.3 Å². The van der Waals surface area contributed by atoms with Gasteiger partial charge in [0.05, 0.1) is 11.7 Å². The summed E-state index contributed by atoms with van der Waals surface area (Å²) in [5, 5.41) is 24.5. The number of pyridine rings is 1. The van der Waals surface area contributed by atoms with Crippen molar-refractivity contribution in [2.24, 2.45) is 0 Å². The van der Waals surface area contributed by atoms with E-state index in [1.165, 1.54) is 12.3 Å². The molecule has 2 N–H and O–H groups in total. The Kier molecular flexibility index (Phi) is 3.16. The van der Waals surface area contributed by atoms with E-state index in [-0.39, 0.29) is 11.3 Å². The largest absolute Gasteiger partial charge is 0.506 e. The molecular formula is C18H13N3O3. The number of nitrogens with zero attached hydrogens (tertiary/aromatic N) is 3. The molecule has 2 aromatic heterocycles. The minimum atomic E-state index is -1.24. The highest BCUT2D eigenvalue weighted by Crippen LogP contribution is 2.32. The number of phenols is 1. The first-order chi connectivity index (χ1) is 11.6. The van der Waals surface area contributed by atoms with E-state index in [2.05, 4.69) is 10.1 Å². The van der Waals surface area contributed by atoms with Crippen molar-refractivity contribution >= 4 is 27.9 Å². The molecule has 0 saturated carbocycles. The molecule has 0 bridgehead atoms. The van der Waals surface area contributed by atoms with Gasteiger partial charge in [-0.2, -0.15) is 9.78 Å². The first kappa shape index (κ1) is 14.2. The predicted molar refractivity (Wildman–Crippen MR) is 89.4 cm³/mol. The Balaban J connectivity index is 1.86. The second kappa shape index (κ2) is 5.34. The summed E-state index contributed by atoms with van der Waals surface area (Å²) in [6.07, 6.45) is 0.877. The molecule has 0 atom stereocenters. The lowest BCUT2D eigenvalue weighted by molar-refractivity contribution is 0.193. The fourth-order valence-corrected chi connectivity index (χ4v) is 2.89. The summed E-state index contributed by atoms with van der Waals surface area (Å²) in [7, 11) is 0. The number of hydrogen-bond donors (Lipinski definition) is 2. The lowest BCUT2D eigenvalue weighted by Crippen LogP contribution is -2.09. The van der Waals surface area contributed by atoms with Crippen LogP contribution in [0.15, 0.2) is 54.7 Å². The van der Waals surface area contributed by atoms with Crippen molar-refractivity contribution in [3.05, 3.63) is 66.0 Å². The Morgan fingerprint density at radius 2 is 1.88 bits per heavy atom. The molecule has 0 amide bonds. The van der Waals surface area contributed by atoms with Gasteiger partial charge in [-0.3, -0.25) is 4.98 Å². The van der Waals surface area contributed by atoms with Crippen molar-refractivity contribution in [2.75, 3.05) is 0 Å². The molecule has 0 saturated heterocycles. The fraction of sp³-hybridized carbons (Fsp3) is 0.0556. The molecule has 24 heavy (non-hydrogen) atoms. The van der Waals surface area contributed by atoms with Crippen LogP contribution in [0.4, 0.5) is 4.79 Å². The van der Waals surface area contributed by atoms with Crippen LogP contribution in [0.1, 0.15) is 11.3 Å². The molecule has 4 rings (SSSR count). The number of carbonyl (C=O) groups is 1. The van der Waals surface area contributed by atoms with Gasteiger partial charge in [-0.1, -0.05) is 36.4 Å². The molecule has 0 unspecified atom stereocenters. The van der Waals surface area contributed by atoms with E-state index in [1.54, 1.807) is 0 Å². The Bertz CT molecular complexity index is 1070. The van der Waals surface area contributed by atoms with Crippen LogP contribution < -0.4 is 0 Å². The summed E-state index contributed by atoms with van der Waals surface area (Å²) >= 11 is 0. The van der Waals surface area contributed by atoms with Crippen LogP contribution in [-0.4, -0.2) is 31.1 Å². The average Bonchev–Trinajstić information content (AvgIpc) is 3.02. The predicted octanol–water partition coefficient (Wildman–Crippen LogP) is 3.41. The minimum absolute atomic E-state index is 0.151. The van der Waals surface area contributed by atoms with Crippen molar-refractivity contribution in [1.29, 1.82) is 0 Å². The van der Waals surface area contributed by atoms with Crippen LogP contribution in [0.2, 0.25) is 0 Å². The third-order valence-electron chi connectivity index (χ3n) is 3.97. The summed E-state index contributed by atoms with van der Waals surface area (Å²) in [6, 6.07) is 15.3. The molecule has 6 heteroatoms. The molecule has 0 spiro atoms. The van der Waals surface area contributed by atoms with E-state index in [1.807, 2.05) is 42.5 Å². The maximum atomic E-state index is 11.2. The Labute approximate surface area is 136 Å². The topological polar surface area (TPSA) is 88.2 Å². The zero-order chi connectivity index (χ0) is 16.7. The third kappa shape index (κ3) is 2.25. The van der Waals surface area contributed by atoms with Gasteiger partial charge in [0.15, 0.2) is 0 Å². The summed E-state index contributed by atoms with van der Waals surface area (Å²) in [4.78, 5) is 15.8. The van der Waals surface area contributed by atoms with Gasteiger partial charge in [0.1, 0.15) is 11.3 Å². The van der Waals surface area contributed by atoms with Crippen molar-refractivity contribution in [2.45, 2.75) is 6.42 Å². The minimum Gasteiger partial charge on any atom is -0.506 e. The summed E-state index contributed by atoms with van der Waals surface area (Å²) < 4.78 is 0.766. The van der Waals surface area contributed by atoms with E-state index in [0.717, 1.165) is 21.3 Å². The van der Waals surface area contributed by atoms with Gasteiger partial charge in [-0.15, -0.1) is 0 Å². The van der Waals surface area contributed by atoms with E-state index in [4.69, 9.17) is 5.11 Å². The molecule has 6 nitrogen and oxygen atoms in total. The first-order valence-corrected chi connectivity index (χ1v) is 7.40. The van der Waals surface area contributed by atoms with Gasteiger partial charge in [-0.05, 0) is 11.6 Å². The van der Waals surface area contributed by atoms with Crippen LogP contribution in [-0.2, 0) is 6.42 Å². The van der Waals surface area contributed by atoms with Gasteiger partial charge in [0.25, 0.3) is 0 Å². The van der Waals surface area contributed by atoms with E-state index >= 15 is 0 Å². The highest BCUT2D eigenvalue weighted by Gasteiger charge is 2.16. The Morgan fingerprint density at radius 3 is 2.62 bits per heavy atom. The zero-order valence-electron chi connectivity index (χ0n) is 12.5. The summed E-state index contributed by atoms with van der Waals surface area (Å²) in [5.74, 6) is -0.151. The monoisotopic (exact) mass is 319 g/mol. The molecule has 0 aliphatic carbocycles. The molecular weight excluding hydrogens is 306 g/mol. The van der Waals surface area contributed by atoms with Crippen LogP contribution >= 0.6 is 0 Å².